The molecule has 3 nitrogen and oxygen atoms in total. The number of hydrogen-bond donors (Lipinski definition) is 0. The second-order valence-electron chi connectivity index (χ2n) is 4.98. The van der Waals surface area contributed by atoms with Gasteiger partial charge in [-0.1, -0.05) is 0 Å². The Morgan fingerprint density at radius 2 is 1.58 bits per heavy atom. The average Bonchev–Trinajstić information content (AvgIpc) is 3.32. The van der Waals surface area contributed by atoms with E-state index < -0.39 is 0 Å². The molecule has 3 aliphatic rings. The van der Waals surface area contributed by atoms with E-state index in [2.05, 4.69) is 0 Å². The first-order valence-electron chi connectivity index (χ1n) is 7.28. The first-order valence-corrected chi connectivity index (χ1v) is 7.28. The van der Waals surface area contributed by atoms with E-state index in [1.165, 1.54) is 0 Å². The zero-order valence-electron chi connectivity index (χ0n) is 13.1. The van der Waals surface area contributed by atoms with Gasteiger partial charge in [-0.05, 0) is 76.0 Å². The van der Waals surface area contributed by atoms with Crippen LogP contribution in [0, 0.1) is 63.7 Å². The van der Waals surface area contributed by atoms with Gasteiger partial charge in [0.25, 0.3) is 0 Å². The fourth-order valence-electron chi connectivity index (χ4n) is 2.25. The summed E-state index contributed by atoms with van der Waals surface area (Å²) in [4.78, 5) is 12.1. The minimum absolute atomic E-state index is 0. The Balaban J connectivity index is 0.000000300. The molecule has 0 amide bonds. The molecule has 0 saturated heterocycles. The van der Waals surface area contributed by atoms with Crippen LogP contribution in [-0.4, -0.2) is 12.9 Å². The predicted molar refractivity (Wildman–Crippen MR) is 88.0 cm³/mol. The van der Waals surface area contributed by atoms with Crippen LogP contribution in [0.15, 0.2) is 30.0 Å². The van der Waals surface area contributed by atoms with Gasteiger partial charge in [0, 0.05) is 12.0 Å². The number of carbonyl (C=O) groups excluding carboxylic acids is 1. The maximum absolute atomic E-state index is 12.1. The molecule has 120 valence electrons. The largest absolute Gasteiger partial charge is 2.00 e. The summed E-state index contributed by atoms with van der Waals surface area (Å²) in [6.07, 6.45) is 19.4. The SMILES string of the molecule is COc1ccc2c(c1)O/C(=C\[C]1[CH][CH][CH][CH]1)C2=O.[CH]1[CH][CH][CH][CH]1.[Fe+2]. The molecule has 0 bridgehead atoms. The van der Waals surface area contributed by atoms with Gasteiger partial charge in [0.05, 0.1) is 12.7 Å². The standard InChI is InChI=1S/C15H11O3.C5H5.Fe/c1-17-11-6-7-12-13(9-11)18-14(15(12)16)8-10-4-2-3-5-10;1-2-4-5-3-1;/h2-9H,1H3;1-5H;/q;;+2/b14-8-;;. The second kappa shape index (κ2) is 9.29. The van der Waals surface area contributed by atoms with Crippen LogP contribution in [0.1, 0.15) is 10.4 Å². The molecule has 2 saturated carbocycles. The van der Waals surface area contributed by atoms with Gasteiger partial charge in [0.15, 0.2) is 5.76 Å². The van der Waals surface area contributed by atoms with Gasteiger partial charge in [0.1, 0.15) is 11.5 Å². The molecule has 24 heavy (non-hydrogen) atoms. The monoisotopic (exact) mass is 360 g/mol. The quantitative estimate of drug-likeness (QED) is 0.598. The summed E-state index contributed by atoms with van der Waals surface area (Å²) < 4.78 is 10.7. The third-order valence-electron chi connectivity index (χ3n) is 3.42. The van der Waals surface area contributed by atoms with Crippen LogP contribution < -0.4 is 9.47 Å². The topological polar surface area (TPSA) is 35.5 Å². The molecule has 4 heteroatoms. The summed E-state index contributed by atoms with van der Waals surface area (Å²) in [5.41, 5.74) is 0.577. The number of ketones is 1. The number of carbonyl (C=O) groups is 1. The van der Waals surface area contributed by atoms with Crippen LogP contribution in [0.4, 0.5) is 0 Å². The molecular weight excluding hydrogens is 344 g/mol. The van der Waals surface area contributed by atoms with Gasteiger partial charge in [0.2, 0.25) is 5.78 Å². The van der Waals surface area contributed by atoms with Gasteiger partial charge in [-0.15, -0.1) is 0 Å². The summed E-state index contributed by atoms with van der Waals surface area (Å²) in [7, 11) is 1.58. The molecule has 0 N–H and O–H groups in total. The van der Waals surface area contributed by atoms with Gasteiger partial charge >= 0.3 is 17.1 Å². The Bertz CT molecular complexity index is 577. The zero-order chi connectivity index (χ0) is 16.1. The third kappa shape index (κ3) is 4.64. The normalized spacial score (nSPS) is 20.9. The summed E-state index contributed by atoms with van der Waals surface area (Å²) in [5, 5.41) is 0. The molecule has 0 atom stereocenters. The fraction of sp³-hybridized carbons (Fsp3) is 0.0500. The molecule has 1 aliphatic heterocycles. The van der Waals surface area contributed by atoms with Crippen molar-refractivity contribution in [3.8, 4) is 11.5 Å². The second-order valence-corrected chi connectivity index (χ2v) is 4.98. The van der Waals surface area contributed by atoms with Crippen molar-refractivity contribution in [3.63, 3.8) is 0 Å². The van der Waals surface area contributed by atoms with Crippen molar-refractivity contribution >= 4 is 5.78 Å². The van der Waals surface area contributed by atoms with Gasteiger partial charge in [-0.2, -0.15) is 0 Å². The maximum atomic E-state index is 12.1. The smallest absolute Gasteiger partial charge is 0.497 e. The molecule has 2 aliphatic carbocycles. The van der Waals surface area contributed by atoms with Gasteiger partial charge < -0.3 is 9.47 Å². The van der Waals surface area contributed by atoms with E-state index in [0.717, 1.165) is 5.92 Å². The molecule has 0 aromatic heterocycles. The molecule has 0 unspecified atom stereocenters. The van der Waals surface area contributed by atoms with Crippen molar-refractivity contribution in [2.24, 2.45) is 0 Å². The van der Waals surface area contributed by atoms with Crippen LogP contribution in [0.2, 0.25) is 0 Å². The van der Waals surface area contributed by atoms with Crippen LogP contribution in [0.3, 0.4) is 0 Å². The number of rotatable bonds is 2. The van der Waals surface area contributed by atoms with Crippen molar-refractivity contribution < 1.29 is 31.3 Å². The van der Waals surface area contributed by atoms with E-state index in [-0.39, 0.29) is 22.9 Å². The van der Waals surface area contributed by atoms with E-state index in [1.54, 1.807) is 31.4 Å². The van der Waals surface area contributed by atoms with Crippen molar-refractivity contribution in [2.75, 3.05) is 7.11 Å². The van der Waals surface area contributed by atoms with Crippen molar-refractivity contribution in [1.29, 1.82) is 0 Å². The van der Waals surface area contributed by atoms with Gasteiger partial charge in [-0.3, -0.25) is 4.79 Å². The fourth-order valence-corrected chi connectivity index (χ4v) is 2.25. The molecule has 1 aromatic rings. The number of benzene rings is 1. The molecule has 1 aromatic carbocycles. The summed E-state index contributed by atoms with van der Waals surface area (Å²) >= 11 is 0. The van der Waals surface area contributed by atoms with E-state index >= 15 is 0 Å². The van der Waals surface area contributed by atoms with E-state index in [1.807, 2.05) is 57.8 Å². The number of Topliss-reactive ketones (excluding diaryl/α,β-unsaturated/α-hetero) is 1. The first kappa shape index (κ1) is 19.1. The predicted octanol–water partition coefficient (Wildman–Crippen LogP) is 3.58. The van der Waals surface area contributed by atoms with Crippen molar-refractivity contribution in [1.82, 2.24) is 0 Å². The zero-order valence-corrected chi connectivity index (χ0v) is 14.2. The minimum Gasteiger partial charge on any atom is -0.497 e. The molecule has 0 spiro atoms. The van der Waals surface area contributed by atoms with E-state index in [9.17, 15) is 4.79 Å². The van der Waals surface area contributed by atoms with Crippen molar-refractivity contribution in [2.45, 2.75) is 0 Å². The molecule has 2 fully saturated rings. The summed E-state index contributed by atoms with van der Waals surface area (Å²) in [6, 6.07) is 5.20. The molecule has 10 radical (unpaired) electrons. The summed E-state index contributed by atoms with van der Waals surface area (Å²) in [5.74, 6) is 2.45. The van der Waals surface area contributed by atoms with E-state index in [4.69, 9.17) is 9.47 Å². The molecule has 4 rings (SSSR count). The number of hydrogen-bond acceptors (Lipinski definition) is 3. The number of allylic oxidation sites excluding steroid dienone is 2. The van der Waals surface area contributed by atoms with Crippen LogP contribution in [-0.2, 0) is 17.1 Å². The first-order chi connectivity index (χ1) is 11.3. The van der Waals surface area contributed by atoms with E-state index in [0.29, 0.717) is 22.8 Å². The van der Waals surface area contributed by atoms with Gasteiger partial charge in [-0.25, -0.2) is 0 Å². The Morgan fingerprint density at radius 3 is 2.17 bits per heavy atom. The number of ether oxygens (including phenoxy) is 2. The van der Waals surface area contributed by atoms with Crippen molar-refractivity contribution in [3.05, 3.63) is 99.3 Å². The van der Waals surface area contributed by atoms with Crippen LogP contribution >= 0.6 is 0 Å². The van der Waals surface area contributed by atoms with Crippen LogP contribution in [0.5, 0.6) is 11.5 Å². The minimum atomic E-state index is -0.0890. The number of fused-ring (bicyclic) bond motifs is 1. The average molecular weight is 360 g/mol. The third-order valence-corrected chi connectivity index (χ3v) is 3.42. The Kier molecular flexibility index (Phi) is 7.38. The number of methoxy groups -OCH3 is 1. The maximum Gasteiger partial charge on any atom is 2.00 e. The Labute approximate surface area is 155 Å². The Morgan fingerprint density at radius 1 is 0.958 bits per heavy atom. The molecule has 1 heterocycles. The summed E-state index contributed by atoms with van der Waals surface area (Å²) in [6.45, 7) is 0. The molecular formula is C20H16FeO3+2. The Hall–Kier alpha value is -1.25. The van der Waals surface area contributed by atoms with Crippen LogP contribution in [0.25, 0.3) is 0 Å².